The van der Waals surface area contributed by atoms with Crippen molar-refractivity contribution in [2.45, 2.75) is 18.7 Å². The van der Waals surface area contributed by atoms with E-state index in [-0.39, 0.29) is 21.6 Å². The van der Waals surface area contributed by atoms with Gasteiger partial charge < -0.3 is 10.1 Å². The topological polar surface area (TPSA) is 140 Å². The number of amides is 1. The van der Waals surface area contributed by atoms with Crippen LogP contribution in [0.1, 0.15) is 21.7 Å². The van der Waals surface area contributed by atoms with Crippen LogP contribution in [0.25, 0.3) is 0 Å². The Morgan fingerprint density at radius 2 is 1.69 bits per heavy atom. The van der Waals surface area contributed by atoms with E-state index in [1.54, 1.807) is 19.9 Å². The van der Waals surface area contributed by atoms with E-state index in [1.807, 2.05) is 0 Å². The number of ether oxygens (including phenoxy) is 1. The van der Waals surface area contributed by atoms with Gasteiger partial charge in [0.2, 0.25) is 5.95 Å². The van der Waals surface area contributed by atoms with E-state index in [0.29, 0.717) is 17.1 Å². The molecule has 0 aliphatic carbocycles. The zero-order chi connectivity index (χ0) is 23.3. The molecule has 0 radical (unpaired) electrons. The maximum atomic E-state index is 12.5. The number of esters is 1. The second-order valence-corrected chi connectivity index (χ2v) is 8.67. The fourth-order valence-corrected chi connectivity index (χ4v) is 3.73. The molecule has 0 aliphatic rings. The molecule has 12 heteroatoms. The van der Waals surface area contributed by atoms with E-state index < -0.39 is 28.5 Å². The molecule has 166 valence electrons. The summed E-state index contributed by atoms with van der Waals surface area (Å²) in [7, 11) is -3.92. The SMILES string of the molecule is Cc1cc(C)nc(NS(=O)(=O)c2ccc(NC(=O)COC(=O)c3ccnc(Cl)c3)cc2)n1. The summed E-state index contributed by atoms with van der Waals surface area (Å²) in [6, 6.07) is 9.87. The van der Waals surface area contributed by atoms with E-state index in [0.717, 1.165) is 0 Å². The van der Waals surface area contributed by atoms with Crippen molar-refractivity contribution in [2.24, 2.45) is 0 Å². The molecule has 1 amide bonds. The number of nitrogens with zero attached hydrogens (tertiary/aromatic N) is 3. The summed E-state index contributed by atoms with van der Waals surface area (Å²) in [6.45, 7) is 2.92. The number of aryl methyl sites for hydroxylation is 2. The number of aromatic nitrogens is 3. The summed E-state index contributed by atoms with van der Waals surface area (Å²) < 4.78 is 32.3. The van der Waals surface area contributed by atoms with Crippen molar-refractivity contribution >= 4 is 45.1 Å². The van der Waals surface area contributed by atoms with E-state index in [4.69, 9.17) is 16.3 Å². The largest absolute Gasteiger partial charge is 0.452 e. The molecule has 3 rings (SSSR count). The van der Waals surface area contributed by atoms with Gasteiger partial charge in [0.1, 0.15) is 5.15 Å². The number of anilines is 2. The Morgan fingerprint density at radius 1 is 1.03 bits per heavy atom. The fourth-order valence-electron chi connectivity index (χ4n) is 2.61. The standard InChI is InChI=1S/C20H18ClN5O5S/c1-12-9-13(2)24-20(23-12)26-32(29,30)16-5-3-15(4-6-16)25-18(27)11-31-19(28)14-7-8-22-17(21)10-14/h3-10H,11H2,1-2H3,(H,25,27)(H,23,24,26). The van der Waals surface area contributed by atoms with Gasteiger partial charge in [0, 0.05) is 23.3 Å². The number of hydrogen-bond acceptors (Lipinski definition) is 8. The van der Waals surface area contributed by atoms with E-state index in [9.17, 15) is 18.0 Å². The summed E-state index contributed by atoms with van der Waals surface area (Å²) in [6.07, 6.45) is 1.34. The highest BCUT2D eigenvalue weighted by Crippen LogP contribution is 2.17. The number of carbonyl (C=O) groups excluding carboxylic acids is 2. The van der Waals surface area contributed by atoms with Crippen molar-refractivity contribution in [3.05, 3.63) is 70.8 Å². The summed E-state index contributed by atoms with van der Waals surface area (Å²) in [5.41, 5.74) is 1.73. The van der Waals surface area contributed by atoms with Crippen LogP contribution in [0.15, 0.2) is 53.6 Å². The highest BCUT2D eigenvalue weighted by Gasteiger charge is 2.17. The lowest BCUT2D eigenvalue weighted by molar-refractivity contribution is -0.119. The minimum atomic E-state index is -3.92. The zero-order valence-corrected chi connectivity index (χ0v) is 18.6. The van der Waals surface area contributed by atoms with Gasteiger partial charge in [0.05, 0.1) is 10.5 Å². The first-order valence-corrected chi connectivity index (χ1v) is 11.0. The quantitative estimate of drug-likeness (QED) is 0.392. The normalized spacial score (nSPS) is 11.0. The lowest BCUT2D eigenvalue weighted by Gasteiger charge is -2.10. The van der Waals surface area contributed by atoms with Crippen molar-refractivity contribution in [3.63, 3.8) is 0 Å². The van der Waals surface area contributed by atoms with Crippen molar-refractivity contribution in [1.29, 1.82) is 0 Å². The predicted octanol–water partition coefficient (Wildman–Crippen LogP) is 2.74. The van der Waals surface area contributed by atoms with Gasteiger partial charge in [-0.05, 0) is 56.3 Å². The Balaban J connectivity index is 1.58. The van der Waals surface area contributed by atoms with Crippen LogP contribution in [-0.4, -0.2) is 41.9 Å². The van der Waals surface area contributed by atoms with Crippen LogP contribution in [0.2, 0.25) is 5.15 Å². The first-order valence-electron chi connectivity index (χ1n) is 9.16. The number of rotatable bonds is 7. The number of carbonyl (C=O) groups is 2. The van der Waals surface area contributed by atoms with Gasteiger partial charge in [-0.3, -0.25) is 4.79 Å². The van der Waals surface area contributed by atoms with Crippen LogP contribution in [-0.2, 0) is 19.6 Å². The first-order chi connectivity index (χ1) is 15.1. The number of halogens is 1. The molecule has 0 saturated carbocycles. The number of hydrogen-bond donors (Lipinski definition) is 2. The summed E-state index contributed by atoms with van der Waals surface area (Å²) in [5.74, 6) is -1.36. The molecule has 0 aliphatic heterocycles. The second kappa shape index (κ2) is 9.71. The molecule has 32 heavy (non-hydrogen) atoms. The summed E-state index contributed by atoms with van der Waals surface area (Å²) in [5, 5.41) is 2.63. The predicted molar refractivity (Wildman–Crippen MR) is 117 cm³/mol. The summed E-state index contributed by atoms with van der Waals surface area (Å²) >= 11 is 5.71. The zero-order valence-electron chi connectivity index (χ0n) is 17.0. The molecular formula is C20H18ClN5O5S. The van der Waals surface area contributed by atoms with Gasteiger partial charge in [-0.25, -0.2) is 32.9 Å². The van der Waals surface area contributed by atoms with Crippen molar-refractivity contribution in [1.82, 2.24) is 15.0 Å². The number of nitrogens with one attached hydrogen (secondary N) is 2. The van der Waals surface area contributed by atoms with Crippen LogP contribution in [0.5, 0.6) is 0 Å². The van der Waals surface area contributed by atoms with Crippen molar-refractivity contribution in [2.75, 3.05) is 16.6 Å². The molecule has 0 spiro atoms. The van der Waals surface area contributed by atoms with Crippen LogP contribution in [0.3, 0.4) is 0 Å². The molecule has 2 N–H and O–H groups in total. The number of benzene rings is 1. The van der Waals surface area contributed by atoms with Gasteiger partial charge in [0.25, 0.3) is 15.9 Å². The Bertz CT molecular complexity index is 1250. The molecule has 0 atom stereocenters. The van der Waals surface area contributed by atoms with E-state index >= 15 is 0 Å². The summed E-state index contributed by atoms with van der Waals surface area (Å²) in [4.78, 5) is 35.8. The first kappa shape index (κ1) is 23.1. The maximum Gasteiger partial charge on any atom is 0.338 e. The van der Waals surface area contributed by atoms with Gasteiger partial charge >= 0.3 is 5.97 Å². The number of pyridine rings is 1. The van der Waals surface area contributed by atoms with Crippen LogP contribution < -0.4 is 10.0 Å². The molecule has 10 nitrogen and oxygen atoms in total. The molecule has 0 fully saturated rings. The minimum absolute atomic E-state index is 0.0304. The molecule has 3 aromatic rings. The van der Waals surface area contributed by atoms with Gasteiger partial charge in [-0.2, -0.15) is 0 Å². The molecule has 0 unspecified atom stereocenters. The average Bonchev–Trinajstić information content (AvgIpc) is 2.71. The second-order valence-electron chi connectivity index (χ2n) is 6.60. The smallest absolute Gasteiger partial charge is 0.338 e. The molecular weight excluding hydrogens is 458 g/mol. The third-order valence-corrected chi connectivity index (χ3v) is 5.50. The Labute approximate surface area is 189 Å². The van der Waals surface area contributed by atoms with Crippen molar-refractivity contribution in [3.8, 4) is 0 Å². The monoisotopic (exact) mass is 475 g/mol. The van der Waals surface area contributed by atoms with Crippen LogP contribution in [0.4, 0.5) is 11.6 Å². The Kier molecular flexibility index (Phi) is 7.01. The maximum absolute atomic E-state index is 12.5. The van der Waals surface area contributed by atoms with Crippen LogP contribution >= 0.6 is 11.6 Å². The number of sulfonamides is 1. The van der Waals surface area contributed by atoms with E-state index in [2.05, 4.69) is 25.0 Å². The third-order valence-electron chi connectivity index (χ3n) is 3.95. The van der Waals surface area contributed by atoms with Crippen molar-refractivity contribution < 1.29 is 22.7 Å². The molecule has 2 aromatic heterocycles. The Morgan fingerprint density at radius 3 is 2.31 bits per heavy atom. The van der Waals surface area contributed by atoms with Crippen LogP contribution in [0, 0.1) is 13.8 Å². The third kappa shape index (κ3) is 6.22. The minimum Gasteiger partial charge on any atom is -0.452 e. The fraction of sp³-hybridized carbons (Fsp3) is 0.150. The molecule has 2 heterocycles. The molecule has 0 saturated heterocycles. The van der Waals surface area contributed by atoms with Gasteiger partial charge in [-0.15, -0.1) is 0 Å². The average molecular weight is 476 g/mol. The van der Waals surface area contributed by atoms with Gasteiger partial charge in [-0.1, -0.05) is 11.6 Å². The highest BCUT2D eigenvalue weighted by molar-refractivity contribution is 7.92. The lowest BCUT2D eigenvalue weighted by Crippen LogP contribution is -2.21. The lowest BCUT2D eigenvalue weighted by atomic mass is 10.3. The molecule has 1 aromatic carbocycles. The highest BCUT2D eigenvalue weighted by atomic mass is 35.5. The van der Waals surface area contributed by atoms with E-state index in [1.165, 1.54) is 42.6 Å². The Hall–Kier alpha value is -3.57. The molecule has 0 bridgehead atoms. The van der Waals surface area contributed by atoms with Gasteiger partial charge in [0.15, 0.2) is 6.61 Å².